The zero-order chi connectivity index (χ0) is 14.2. The molecule has 1 aliphatic heterocycles. The third-order valence-electron chi connectivity index (χ3n) is 3.34. The van der Waals surface area contributed by atoms with Crippen molar-refractivity contribution in [2.75, 3.05) is 19.3 Å². The molecule has 1 amide bonds. The van der Waals surface area contributed by atoms with Gasteiger partial charge in [-0.05, 0) is 25.8 Å². The van der Waals surface area contributed by atoms with E-state index in [1.165, 1.54) is 0 Å². The van der Waals surface area contributed by atoms with Gasteiger partial charge in [-0.3, -0.25) is 4.79 Å². The number of nitrogens with zero attached hydrogens (tertiary/aromatic N) is 1. The minimum absolute atomic E-state index is 0.177. The summed E-state index contributed by atoms with van der Waals surface area (Å²) in [7, 11) is -3.24. The predicted molar refractivity (Wildman–Crippen MR) is 70.5 cm³/mol. The maximum Gasteiger partial charge on any atom is 0.289 e. The van der Waals surface area contributed by atoms with Crippen LogP contribution in [-0.2, 0) is 10.0 Å². The second-order valence-corrected chi connectivity index (χ2v) is 6.78. The number of nitrogens with one attached hydrogen (secondary N) is 1. The minimum Gasteiger partial charge on any atom is -0.459 e. The molecule has 6 nitrogen and oxygen atoms in total. The number of carbonyl (C=O) groups is 1. The molecule has 19 heavy (non-hydrogen) atoms. The van der Waals surface area contributed by atoms with Gasteiger partial charge in [0.2, 0.25) is 10.0 Å². The monoisotopic (exact) mass is 286 g/mol. The summed E-state index contributed by atoms with van der Waals surface area (Å²) in [5.41, 5.74) is 1.78. The van der Waals surface area contributed by atoms with Crippen LogP contribution in [0, 0.1) is 13.8 Å². The molecule has 0 spiro atoms. The largest absolute Gasteiger partial charge is 0.459 e. The van der Waals surface area contributed by atoms with E-state index in [0.717, 1.165) is 17.4 Å². The number of furan rings is 1. The smallest absolute Gasteiger partial charge is 0.289 e. The standard InChI is InChI=1S/C12H18N2O4S/c1-8-7-18-11(9(8)2)12(15)14-5-4-10(6-14)13-19(3,16)17/h7,10,13H,4-6H2,1-3H3/t10-/m0/s1. The lowest BCUT2D eigenvalue weighted by Crippen LogP contribution is -2.37. The maximum absolute atomic E-state index is 12.2. The molecule has 1 N–H and O–H groups in total. The van der Waals surface area contributed by atoms with Gasteiger partial charge in [0.05, 0.1) is 12.5 Å². The normalized spacial score (nSPS) is 19.9. The lowest BCUT2D eigenvalue weighted by molar-refractivity contribution is 0.0757. The van der Waals surface area contributed by atoms with Crippen molar-refractivity contribution in [3.05, 3.63) is 23.2 Å². The van der Waals surface area contributed by atoms with Crippen molar-refractivity contribution in [1.82, 2.24) is 9.62 Å². The van der Waals surface area contributed by atoms with E-state index in [4.69, 9.17) is 4.42 Å². The van der Waals surface area contributed by atoms with Crippen LogP contribution in [0.25, 0.3) is 0 Å². The molecule has 1 saturated heterocycles. The summed E-state index contributed by atoms with van der Waals surface area (Å²) in [6.45, 7) is 4.64. The first-order chi connectivity index (χ1) is 8.78. The van der Waals surface area contributed by atoms with Crippen LogP contribution in [0.2, 0.25) is 0 Å². The third-order valence-corrected chi connectivity index (χ3v) is 4.10. The number of carbonyl (C=O) groups excluding carboxylic acids is 1. The summed E-state index contributed by atoms with van der Waals surface area (Å²) >= 11 is 0. The Morgan fingerprint density at radius 1 is 1.47 bits per heavy atom. The highest BCUT2D eigenvalue weighted by Crippen LogP contribution is 2.20. The molecule has 0 aliphatic carbocycles. The zero-order valence-corrected chi connectivity index (χ0v) is 12.1. The number of likely N-dealkylation sites (tertiary alicyclic amines) is 1. The SMILES string of the molecule is Cc1coc(C(=O)N2CC[C@H](NS(C)(=O)=O)C2)c1C. The summed E-state index contributed by atoms with van der Waals surface area (Å²) in [5, 5.41) is 0. The van der Waals surface area contributed by atoms with Crippen molar-refractivity contribution >= 4 is 15.9 Å². The zero-order valence-electron chi connectivity index (χ0n) is 11.3. The first-order valence-electron chi connectivity index (χ1n) is 6.09. The lowest BCUT2D eigenvalue weighted by atomic mass is 10.2. The molecule has 1 aromatic rings. The number of aryl methyl sites for hydroxylation is 1. The summed E-state index contributed by atoms with van der Waals surface area (Å²) in [6.07, 6.45) is 3.31. The van der Waals surface area contributed by atoms with Gasteiger partial charge in [-0.2, -0.15) is 0 Å². The summed E-state index contributed by atoms with van der Waals surface area (Å²) in [6, 6.07) is -0.213. The van der Waals surface area contributed by atoms with Crippen molar-refractivity contribution in [1.29, 1.82) is 0 Å². The van der Waals surface area contributed by atoms with E-state index in [-0.39, 0.29) is 11.9 Å². The van der Waals surface area contributed by atoms with Crippen LogP contribution >= 0.6 is 0 Å². The van der Waals surface area contributed by atoms with Crippen molar-refractivity contribution in [3.8, 4) is 0 Å². The highest BCUT2D eigenvalue weighted by Gasteiger charge is 2.30. The fourth-order valence-electron chi connectivity index (χ4n) is 2.20. The van der Waals surface area contributed by atoms with Gasteiger partial charge in [0, 0.05) is 24.7 Å². The van der Waals surface area contributed by atoms with E-state index < -0.39 is 10.0 Å². The van der Waals surface area contributed by atoms with Crippen LogP contribution in [0.1, 0.15) is 28.1 Å². The first kappa shape index (κ1) is 14.1. The van der Waals surface area contributed by atoms with Crippen LogP contribution in [-0.4, -0.2) is 44.6 Å². The second kappa shape index (κ2) is 4.97. The predicted octanol–water partition coefficient (Wildman–Crippen LogP) is 0.660. The summed E-state index contributed by atoms with van der Waals surface area (Å²) < 4.78 is 30.1. The van der Waals surface area contributed by atoms with Gasteiger partial charge in [-0.25, -0.2) is 13.1 Å². The summed E-state index contributed by atoms with van der Waals surface area (Å²) in [4.78, 5) is 13.9. The molecule has 1 atom stereocenters. The van der Waals surface area contributed by atoms with Crippen molar-refractivity contribution in [2.24, 2.45) is 0 Å². The Labute approximate surface area is 112 Å². The first-order valence-corrected chi connectivity index (χ1v) is 7.98. The lowest BCUT2D eigenvalue weighted by Gasteiger charge is -2.15. The average Bonchev–Trinajstić information content (AvgIpc) is 2.85. The molecule has 0 saturated carbocycles. The molecule has 106 valence electrons. The molecule has 1 aliphatic rings. The van der Waals surface area contributed by atoms with Crippen molar-refractivity contribution in [2.45, 2.75) is 26.3 Å². The summed E-state index contributed by atoms with van der Waals surface area (Å²) in [5.74, 6) is 0.168. The number of hydrogen-bond acceptors (Lipinski definition) is 4. The van der Waals surface area contributed by atoms with E-state index in [9.17, 15) is 13.2 Å². The van der Waals surface area contributed by atoms with Crippen molar-refractivity contribution < 1.29 is 17.6 Å². The Morgan fingerprint density at radius 2 is 2.16 bits per heavy atom. The van der Waals surface area contributed by atoms with Gasteiger partial charge in [0.15, 0.2) is 5.76 Å². The average molecular weight is 286 g/mol. The Hall–Kier alpha value is -1.34. The van der Waals surface area contributed by atoms with Gasteiger partial charge >= 0.3 is 0 Å². The highest BCUT2D eigenvalue weighted by atomic mass is 32.2. The molecule has 0 bridgehead atoms. The number of sulfonamides is 1. The van der Waals surface area contributed by atoms with E-state index in [0.29, 0.717) is 25.3 Å². The molecule has 2 rings (SSSR count). The third kappa shape index (κ3) is 3.16. The fourth-order valence-corrected chi connectivity index (χ4v) is 3.00. The highest BCUT2D eigenvalue weighted by molar-refractivity contribution is 7.88. The van der Waals surface area contributed by atoms with Gasteiger partial charge in [0.1, 0.15) is 0 Å². The minimum atomic E-state index is -3.24. The van der Waals surface area contributed by atoms with Crippen LogP contribution in [0.4, 0.5) is 0 Å². The van der Waals surface area contributed by atoms with E-state index in [1.54, 1.807) is 11.2 Å². The maximum atomic E-state index is 12.2. The quantitative estimate of drug-likeness (QED) is 0.885. The van der Waals surface area contributed by atoms with Crippen LogP contribution in [0.5, 0.6) is 0 Å². The molecule has 0 aromatic carbocycles. The molecule has 1 fully saturated rings. The Kier molecular flexibility index (Phi) is 3.69. The number of hydrogen-bond donors (Lipinski definition) is 1. The van der Waals surface area contributed by atoms with Crippen LogP contribution in [0.3, 0.4) is 0 Å². The van der Waals surface area contributed by atoms with Gasteiger partial charge in [-0.15, -0.1) is 0 Å². The molecule has 2 heterocycles. The topological polar surface area (TPSA) is 79.6 Å². The number of amides is 1. The molecule has 7 heteroatoms. The van der Waals surface area contributed by atoms with Gasteiger partial charge in [-0.1, -0.05) is 0 Å². The van der Waals surface area contributed by atoms with Crippen LogP contribution < -0.4 is 4.72 Å². The Balaban J connectivity index is 2.05. The molecular formula is C12H18N2O4S. The van der Waals surface area contributed by atoms with Gasteiger partial charge < -0.3 is 9.32 Å². The van der Waals surface area contributed by atoms with E-state index >= 15 is 0 Å². The van der Waals surface area contributed by atoms with Crippen molar-refractivity contribution in [3.63, 3.8) is 0 Å². The Morgan fingerprint density at radius 3 is 2.68 bits per heavy atom. The van der Waals surface area contributed by atoms with Crippen LogP contribution in [0.15, 0.2) is 10.7 Å². The van der Waals surface area contributed by atoms with E-state index in [1.807, 2.05) is 13.8 Å². The number of rotatable bonds is 3. The molecule has 0 unspecified atom stereocenters. The molecule has 1 aromatic heterocycles. The Bertz CT molecular complexity index is 591. The van der Waals surface area contributed by atoms with E-state index in [2.05, 4.69) is 4.72 Å². The molecule has 0 radical (unpaired) electrons. The fraction of sp³-hybridized carbons (Fsp3) is 0.583. The second-order valence-electron chi connectivity index (χ2n) is 5.00. The molecular weight excluding hydrogens is 268 g/mol. The van der Waals surface area contributed by atoms with Gasteiger partial charge in [0.25, 0.3) is 5.91 Å².